The van der Waals surface area contributed by atoms with Crippen LogP contribution in [0.1, 0.15) is 11.1 Å². The van der Waals surface area contributed by atoms with Gasteiger partial charge < -0.3 is 14.2 Å². The number of ether oxygens (including phenoxy) is 3. The van der Waals surface area contributed by atoms with E-state index in [9.17, 15) is 8.42 Å². The molecule has 2 rings (SSSR count). The Labute approximate surface area is 148 Å². The first-order valence-electron chi connectivity index (χ1n) is 7.80. The van der Waals surface area contributed by atoms with Crippen LogP contribution in [-0.2, 0) is 10.0 Å². The van der Waals surface area contributed by atoms with Crippen molar-refractivity contribution >= 4 is 10.0 Å². The lowest BCUT2D eigenvalue weighted by Gasteiger charge is -2.14. The summed E-state index contributed by atoms with van der Waals surface area (Å²) >= 11 is 0. The molecule has 0 aromatic heterocycles. The van der Waals surface area contributed by atoms with E-state index in [2.05, 4.69) is 4.72 Å². The highest BCUT2D eigenvalue weighted by atomic mass is 32.2. The molecule has 0 fully saturated rings. The van der Waals surface area contributed by atoms with Crippen LogP contribution in [0.2, 0.25) is 0 Å². The molecular weight excluding hydrogens is 342 g/mol. The van der Waals surface area contributed by atoms with E-state index in [-0.39, 0.29) is 18.0 Å². The minimum absolute atomic E-state index is 0.144. The molecule has 0 amide bonds. The monoisotopic (exact) mass is 365 g/mol. The van der Waals surface area contributed by atoms with E-state index in [4.69, 9.17) is 14.2 Å². The summed E-state index contributed by atoms with van der Waals surface area (Å²) in [4.78, 5) is 0.239. The van der Waals surface area contributed by atoms with E-state index in [1.165, 1.54) is 0 Å². The first-order valence-corrected chi connectivity index (χ1v) is 9.28. The van der Waals surface area contributed by atoms with E-state index in [1.807, 2.05) is 19.1 Å². The molecule has 0 atom stereocenters. The molecule has 136 valence electrons. The van der Waals surface area contributed by atoms with Crippen LogP contribution < -0.4 is 18.9 Å². The highest BCUT2D eigenvalue weighted by Crippen LogP contribution is 2.27. The van der Waals surface area contributed by atoms with Gasteiger partial charge in [-0.1, -0.05) is 12.1 Å². The van der Waals surface area contributed by atoms with Gasteiger partial charge in [-0.05, 0) is 49.2 Å². The molecule has 0 aliphatic heterocycles. The van der Waals surface area contributed by atoms with Crippen molar-refractivity contribution in [2.45, 2.75) is 18.7 Å². The molecule has 0 aliphatic rings. The van der Waals surface area contributed by atoms with Gasteiger partial charge in [-0.15, -0.1) is 0 Å². The van der Waals surface area contributed by atoms with Crippen molar-refractivity contribution in [1.82, 2.24) is 4.72 Å². The van der Waals surface area contributed by atoms with Crippen LogP contribution in [0.15, 0.2) is 41.3 Å². The Morgan fingerprint density at radius 1 is 0.880 bits per heavy atom. The van der Waals surface area contributed by atoms with E-state index in [0.717, 1.165) is 5.56 Å². The fourth-order valence-corrected chi connectivity index (χ4v) is 3.75. The van der Waals surface area contributed by atoms with Crippen molar-refractivity contribution in [1.29, 1.82) is 0 Å². The zero-order chi connectivity index (χ0) is 18.4. The van der Waals surface area contributed by atoms with E-state index in [0.29, 0.717) is 22.8 Å². The van der Waals surface area contributed by atoms with Crippen LogP contribution in [0.4, 0.5) is 0 Å². The Bertz CT molecular complexity index is 833. The lowest BCUT2D eigenvalue weighted by atomic mass is 10.1. The van der Waals surface area contributed by atoms with Crippen molar-refractivity contribution in [2.75, 3.05) is 27.4 Å². The molecule has 0 spiro atoms. The Morgan fingerprint density at radius 3 is 2.16 bits per heavy atom. The second-order valence-electron chi connectivity index (χ2n) is 5.41. The van der Waals surface area contributed by atoms with Crippen LogP contribution in [-0.4, -0.2) is 35.8 Å². The Hall–Kier alpha value is -2.25. The number of methoxy groups -OCH3 is 2. The fourth-order valence-electron chi connectivity index (χ4n) is 2.44. The van der Waals surface area contributed by atoms with Gasteiger partial charge in [0.1, 0.15) is 12.4 Å². The lowest BCUT2D eigenvalue weighted by molar-refractivity contribution is 0.298. The predicted molar refractivity (Wildman–Crippen MR) is 96.1 cm³/mol. The maximum atomic E-state index is 12.5. The predicted octanol–water partition coefficient (Wildman–Crippen LogP) is 2.68. The third kappa shape index (κ3) is 4.43. The first kappa shape index (κ1) is 19.1. The number of rotatable bonds is 8. The summed E-state index contributed by atoms with van der Waals surface area (Å²) in [5.74, 6) is 1.84. The van der Waals surface area contributed by atoms with Gasteiger partial charge in [0.2, 0.25) is 10.0 Å². The van der Waals surface area contributed by atoms with Crippen LogP contribution >= 0.6 is 0 Å². The molecule has 6 nitrogen and oxygen atoms in total. The fraction of sp³-hybridized carbons (Fsp3) is 0.333. The summed E-state index contributed by atoms with van der Waals surface area (Å²) in [5.41, 5.74) is 1.47. The van der Waals surface area contributed by atoms with Gasteiger partial charge in [0.05, 0.1) is 19.1 Å². The van der Waals surface area contributed by atoms with Crippen molar-refractivity contribution in [3.63, 3.8) is 0 Å². The maximum absolute atomic E-state index is 12.5. The first-order chi connectivity index (χ1) is 11.9. The smallest absolute Gasteiger partial charge is 0.240 e. The zero-order valence-corrected chi connectivity index (χ0v) is 15.6. The summed E-state index contributed by atoms with van der Waals surface area (Å²) < 4.78 is 43.5. The van der Waals surface area contributed by atoms with Crippen LogP contribution in [0.25, 0.3) is 0 Å². The molecule has 0 heterocycles. The van der Waals surface area contributed by atoms with Crippen LogP contribution in [0.3, 0.4) is 0 Å². The van der Waals surface area contributed by atoms with Crippen molar-refractivity contribution in [3.05, 3.63) is 47.5 Å². The summed E-state index contributed by atoms with van der Waals surface area (Å²) in [7, 11) is -0.511. The molecule has 0 bridgehead atoms. The molecule has 0 saturated heterocycles. The molecule has 2 aromatic rings. The second-order valence-corrected chi connectivity index (χ2v) is 7.15. The molecule has 0 radical (unpaired) electrons. The minimum atomic E-state index is -3.63. The van der Waals surface area contributed by atoms with E-state index >= 15 is 0 Å². The normalized spacial score (nSPS) is 11.2. The third-order valence-electron chi connectivity index (χ3n) is 3.92. The Balaban J connectivity index is 2.02. The lowest BCUT2D eigenvalue weighted by Crippen LogP contribution is -2.29. The van der Waals surface area contributed by atoms with Crippen LogP contribution in [0, 0.1) is 13.8 Å². The number of hydrogen-bond donors (Lipinski definition) is 1. The van der Waals surface area contributed by atoms with Gasteiger partial charge in [-0.25, -0.2) is 13.1 Å². The summed E-state index contributed by atoms with van der Waals surface area (Å²) in [6.07, 6.45) is 0. The highest BCUT2D eigenvalue weighted by molar-refractivity contribution is 7.89. The average molecular weight is 365 g/mol. The summed E-state index contributed by atoms with van der Waals surface area (Å²) in [6.45, 7) is 3.93. The van der Waals surface area contributed by atoms with Crippen LogP contribution in [0.5, 0.6) is 17.2 Å². The number of hydrogen-bond acceptors (Lipinski definition) is 5. The quantitative estimate of drug-likeness (QED) is 0.728. The summed E-state index contributed by atoms with van der Waals surface area (Å²) in [5, 5.41) is 0. The number of nitrogens with one attached hydrogen (secondary N) is 1. The summed E-state index contributed by atoms with van der Waals surface area (Å²) in [6, 6.07) is 10.4. The van der Waals surface area contributed by atoms with Gasteiger partial charge >= 0.3 is 0 Å². The van der Waals surface area contributed by atoms with Gasteiger partial charge in [0.15, 0.2) is 11.5 Å². The molecular formula is C18H23NO5S. The second kappa shape index (κ2) is 8.22. The van der Waals surface area contributed by atoms with E-state index in [1.54, 1.807) is 45.4 Å². The largest absolute Gasteiger partial charge is 0.496 e. The third-order valence-corrected chi connectivity index (χ3v) is 5.52. The topological polar surface area (TPSA) is 73.9 Å². The number of sulfonamides is 1. The molecule has 1 N–H and O–H groups in total. The molecule has 0 aliphatic carbocycles. The average Bonchev–Trinajstić information content (AvgIpc) is 2.61. The van der Waals surface area contributed by atoms with Gasteiger partial charge in [0, 0.05) is 6.54 Å². The molecule has 7 heteroatoms. The molecule has 0 saturated carbocycles. The molecule has 2 aromatic carbocycles. The minimum Gasteiger partial charge on any atom is -0.496 e. The van der Waals surface area contributed by atoms with Gasteiger partial charge in [0.25, 0.3) is 0 Å². The van der Waals surface area contributed by atoms with Crippen molar-refractivity contribution in [3.8, 4) is 17.2 Å². The highest BCUT2D eigenvalue weighted by Gasteiger charge is 2.19. The van der Waals surface area contributed by atoms with Gasteiger partial charge in [-0.3, -0.25) is 0 Å². The Kier molecular flexibility index (Phi) is 6.27. The van der Waals surface area contributed by atoms with Crippen molar-refractivity contribution in [2.24, 2.45) is 0 Å². The number of benzene rings is 2. The van der Waals surface area contributed by atoms with Crippen molar-refractivity contribution < 1.29 is 22.6 Å². The van der Waals surface area contributed by atoms with E-state index < -0.39 is 10.0 Å². The van der Waals surface area contributed by atoms with Gasteiger partial charge in [-0.2, -0.15) is 0 Å². The molecule has 25 heavy (non-hydrogen) atoms. The number of para-hydroxylation sites is 2. The molecule has 0 unspecified atom stereocenters. The maximum Gasteiger partial charge on any atom is 0.240 e. The SMILES string of the molecule is COc1ccccc1OCCNS(=O)(=O)c1ccc(OC)c(C)c1C. The standard InChI is InChI=1S/C18H23NO5S/c1-13-14(2)18(10-9-15(13)22-3)25(20,21)19-11-12-24-17-8-6-5-7-16(17)23-4/h5-10,19H,11-12H2,1-4H3. The Morgan fingerprint density at radius 2 is 1.52 bits per heavy atom. The zero-order valence-electron chi connectivity index (χ0n) is 14.8.